The molecule has 0 aliphatic carbocycles. The summed E-state index contributed by atoms with van der Waals surface area (Å²) in [5.41, 5.74) is 0.407. The minimum absolute atomic E-state index is 0.395. The summed E-state index contributed by atoms with van der Waals surface area (Å²) in [7, 11) is 1.48. The first-order chi connectivity index (χ1) is 6.31. The van der Waals surface area contributed by atoms with Crippen molar-refractivity contribution >= 4 is 12.6 Å². The van der Waals surface area contributed by atoms with Crippen LogP contribution < -0.4 is 4.74 Å². The van der Waals surface area contributed by atoms with Crippen molar-refractivity contribution < 1.29 is 14.3 Å². The molecule has 1 aromatic heterocycles. The zero-order valence-electron chi connectivity index (χ0n) is 7.14. The Morgan fingerprint density at radius 2 is 2.08 bits per heavy atom. The maximum atomic E-state index is 10.4. The molecule has 0 amide bonds. The topological polar surface area (TPSA) is 56.3 Å². The molecule has 1 aromatic rings. The number of rotatable bonds is 4. The average molecular weight is 179 g/mol. The molecule has 0 saturated heterocycles. The summed E-state index contributed by atoms with van der Waals surface area (Å²) in [5, 5.41) is 0. The highest BCUT2D eigenvalue weighted by Crippen LogP contribution is 2.12. The standard InChI is InChI=1S/C9H9NO3/c1-13-9-4-2-3-8(10-9)7(5-11)6-12/h2-7H,1H3. The number of pyridine rings is 1. The van der Waals surface area contributed by atoms with Crippen LogP contribution in [-0.2, 0) is 9.59 Å². The molecule has 0 aliphatic rings. The Balaban J connectivity index is 2.99. The zero-order chi connectivity index (χ0) is 9.68. The van der Waals surface area contributed by atoms with Crippen molar-refractivity contribution in [3.05, 3.63) is 23.9 Å². The molecule has 4 heteroatoms. The molecule has 0 atom stereocenters. The van der Waals surface area contributed by atoms with Gasteiger partial charge in [-0.3, -0.25) is 0 Å². The van der Waals surface area contributed by atoms with Gasteiger partial charge in [-0.05, 0) is 6.07 Å². The number of hydrogen-bond donors (Lipinski definition) is 0. The highest BCUT2D eigenvalue weighted by atomic mass is 16.5. The fourth-order valence-electron chi connectivity index (χ4n) is 0.902. The second-order valence-corrected chi connectivity index (χ2v) is 2.40. The van der Waals surface area contributed by atoms with Gasteiger partial charge in [0.05, 0.1) is 12.8 Å². The molecule has 0 radical (unpaired) electrons. The third-order valence-corrected chi connectivity index (χ3v) is 1.59. The summed E-state index contributed by atoms with van der Waals surface area (Å²) < 4.78 is 4.85. The third-order valence-electron chi connectivity index (χ3n) is 1.59. The molecule has 0 aromatic carbocycles. The molecule has 1 heterocycles. The van der Waals surface area contributed by atoms with Gasteiger partial charge in [0.15, 0.2) is 0 Å². The fourth-order valence-corrected chi connectivity index (χ4v) is 0.902. The van der Waals surface area contributed by atoms with E-state index in [-0.39, 0.29) is 0 Å². The Morgan fingerprint density at radius 3 is 2.62 bits per heavy atom. The zero-order valence-corrected chi connectivity index (χ0v) is 7.14. The van der Waals surface area contributed by atoms with Gasteiger partial charge in [-0.15, -0.1) is 0 Å². The molecule has 0 unspecified atom stereocenters. The molecule has 0 aliphatic heterocycles. The van der Waals surface area contributed by atoms with Gasteiger partial charge >= 0.3 is 0 Å². The summed E-state index contributed by atoms with van der Waals surface area (Å²) in [5.74, 6) is -0.402. The van der Waals surface area contributed by atoms with Crippen LogP contribution in [-0.4, -0.2) is 24.7 Å². The van der Waals surface area contributed by atoms with Crippen molar-refractivity contribution in [3.8, 4) is 5.88 Å². The van der Waals surface area contributed by atoms with E-state index in [9.17, 15) is 9.59 Å². The molecular formula is C9H9NO3. The normalized spacial score (nSPS) is 9.69. The van der Waals surface area contributed by atoms with E-state index in [1.54, 1.807) is 18.2 Å². The maximum Gasteiger partial charge on any atom is 0.213 e. The first-order valence-electron chi connectivity index (χ1n) is 3.73. The third kappa shape index (κ3) is 2.11. The van der Waals surface area contributed by atoms with E-state index in [0.29, 0.717) is 24.1 Å². The Kier molecular flexibility index (Phi) is 3.14. The fraction of sp³-hybridized carbons (Fsp3) is 0.222. The summed E-state index contributed by atoms with van der Waals surface area (Å²) >= 11 is 0. The van der Waals surface area contributed by atoms with Crippen molar-refractivity contribution in [2.45, 2.75) is 5.92 Å². The second-order valence-electron chi connectivity index (χ2n) is 2.40. The summed E-state index contributed by atoms with van der Waals surface area (Å²) in [4.78, 5) is 24.8. The van der Waals surface area contributed by atoms with Gasteiger partial charge in [0.1, 0.15) is 18.5 Å². The second kappa shape index (κ2) is 4.35. The number of methoxy groups -OCH3 is 1. The summed E-state index contributed by atoms with van der Waals surface area (Å²) in [6.07, 6.45) is 1.10. The van der Waals surface area contributed by atoms with Gasteiger partial charge in [0.25, 0.3) is 0 Å². The van der Waals surface area contributed by atoms with Crippen LogP contribution >= 0.6 is 0 Å². The van der Waals surface area contributed by atoms with Gasteiger partial charge in [-0.25, -0.2) is 4.98 Å². The molecule has 0 bridgehead atoms. The highest BCUT2D eigenvalue weighted by Gasteiger charge is 2.10. The predicted molar refractivity (Wildman–Crippen MR) is 45.7 cm³/mol. The van der Waals surface area contributed by atoms with Crippen LogP contribution in [0.3, 0.4) is 0 Å². The van der Waals surface area contributed by atoms with Gasteiger partial charge in [-0.1, -0.05) is 6.07 Å². The molecule has 0 N–H and O–H groups in total. The largest absolute Gasteiger partial charge is 0.481 e. The molecular weight excluding hydrogens is 170 g/mol. The van der Waals surface area contributed by atoms with Crippen molar-refractivity contribution in [2.24, 2.45) is 0 Å². The van der Waals surface area contributed by atoms with Gasteiger partial charge in [0, 0.05) is 6.07 Å². The average Bonchev–Trinajstić information content (AvgIpc) is 2.20. The molecule has 0 saturated carbocycles. The smallest absolute Gasteiger partial charge is 0.213 e. The van der Waals surface area contributed by atoms with Crippen molar-refractivity contribution in [1.82, 2.24) is 4.98 Å². The molecule has 0 fully saturated rings. The lowest BCUT2D eigenvalue weighted by Gasteiger charge is -2.03. The predicted octanol–water partition coefficient (Wildman–Crippen LogP) is 0.572. The number of hydrogen-bond acceptors (Lipinski definition) is 4. The number of aromatic nitrogens is 1. The van der Waals surface area contributed by atoms with Crippen molar-refractivity contribution in [3.63, 3.8) is 0 Å². The number of aldehydes is 2. The molecule has 13 heavy (non-hydrogen) atoms. The molecule has 68 valence electrons. The van der Waals surface area contributed by atoms with E-state index >= 15 is 0 Å². The lowest BCUT2D eigenvalue weighted by Crippen LogP contribution is -2.04. The van der Waals surface area contributed by atoms with Crippen LogP contribution in [0.2, 0.25) is 0 Å². The van der Waals surface area contributed by atoms with Crippen LogP contribution in [0.1, 0.15) is 11.6 Å². The van der Waals surface area contributed by atoms with E-state index < -0.39 is 5.92 Å². The quantitative estimate of drug-likeness (QED) is 0.501. The maximum absolute atomic E-state index is 10.4. The number of carbonyl (C=O) groups is 2. The Bertz CT molecular complexity index is 303. The first kappa shape index (κ1) is 9.38. The van der Waals surface area contributed by atoms with Crippen LogP contribution in [0.5, 0.6) is 5.88 Å². The lowest BCUT2D eigenvalue weighted by atomic mass is 10.1. The van der Waals surface area contributed by atoms with Crippen molar-refractivity contribution in [2.75, 3.05) is 7.11 Å². The summed E-state index contributed by atoms with van der Waals surface area (Å²) in [6, 6.07) is 4.94. The highest BCUT2D eigenvalue weighted by molar-refractivity contribution is 5.84. The van der Waals surface area contributed by atoms with E-state index in [2.05, 4.69) is 4.98 Å². The number of nitrogens with zero attached hydrogens (tertiary/aromatic N) is 1. The van der Waals surface area contributed by atoms with Crippen LogP contribution in [0.25, 0.3) is 0 Å². The van der Waals surface area contributed by atoms with E-state index in [4.69, 9.17) is 4.74 Å². The number of ether oxygens (including phenoxy) is 1. The minimum atomic E-state index is -0.796. The first-order valence-corrected chi connectivity index (χ1v) is 3.73. The minimum Gasteiger partial charge on any atom is -0.481 e. The van der Waals surface area contributed by atoms with Crippen LogP contribution in [0.4, 0.5) is 0 Å². The van der Waals surface area contributed by atoms with Gasteiger partial charge in [-0.2, -0.15) is 0 Å². The van der Waals surface area contributed by atoms with E-state index in [1.807, 2.05) is 0 Å². The van der Waals surface area contributed by atoms with Crippen LogP contribution in [0, 0.1) is 0 Å². The Labute approximate surface area is 75.5 Å². The molecule has 0 spiro atoms. The SMILES string of the molecule is COc1cccc(C(C=O)C=O)n1. The Hall–Kier alpha value is -1.71. The van der Waals surface area contributed by atoms with Crippen molar-refractivity contribution in [1.29, 1.82) is 0 Å². The monoisotopic (exact) mass is 179 g/mol. The van der Waals surface area contributed by atoms with Crippen LogP contribution in [0.15, 0.2) is 18.2 Å². The Morgan fingerprint density at radius 1 is 1.38 bits per heavy atom. The van der Waals surface area contributed by atoms with Gasteiger partial charge in [0.2, 0.25) is 5.88 Å². The van der Waals surface area contributed by atoms with E-state index in [1.165, 1.54) is 7.11 Å². The summed E-state index contributed by atoms with van der Waals surface area (Å²) in [6.45, 7) is 0. The molecule has 4 nitrogen and oxygen atoms in total. The van der Waals surface area contributed by atoms with E-state index in [0.717, 1.165) is 0 Å². The van der Waals surface area contributed by atoms with Gasteiger partial charge < -0.3 is 14.3 Å². The molecule has 1 rings (SSSR count). The number of carbonyl (C=O) groups excluding carboxylic acids is 2. The lowest BCUT2D eigenvalue weighted by molar-refractivity contribution is -0.116.